The first kappa shape index (κ1) is 57.5. The van der Waals surface area contributed by atoms with Crippen molar-refractivity contribution >= 4 is 108 Å². The van der Waals surface area contributed by atoms with Gasteiger partial charge in [-0.05, 0) is 128 Å². The number of nitrogens with two attached hydrogens (primary N) is 1. The molecule has 0 aliphatic carbocycles. The molecule has 0 atom stereocenters. The fourth-order valence-electron chi connectivity index (χ4n) is 10.7. The number of hydrogen-bond donors (Lipinski definition) is 5. The Labute approximate surface area is 466 Å². The van der Waals surface area contributed by atoms with Gasteiger partial charge < -0.3 is 10.2 Å². The van der Waals surface area contributed by atoms with E-state index in [2.05, 4.69) is 20.1 Å². The van der Waals surface area contributed by atoms with E-state index in [1.54, 1.807) is 49.4 Å². The van der Waals surface area contributed by atoms with Gasteiger partial charge in [0.2, 0.25) is 10.0 Å². The number of allylic oxidation sites excluding steroid dienone is 6. The average molecular weight is 1180 g/mol. The molecule has 0 radical (unpaired) electrons. The number of carbonyl (C=O) groups is 2. The molecule has 0 saturated carbocycles. The molecule has 4 heterocycles. The van der Waals surface area contributed by atoms with Gasteiger partial charge in [0.25, 0.3) is 46.3 Å². The molecule has 416 valence electrons. The third-order valence-corrected chi connectivity index (χ3v) is 19.2. The summed E-state index contributed by atoms with van der Waals surface area (Å²) in [6, 6.07) is 21.7. The van der Waals surface area contributed by atoms with Crippen LogP contribution in [0.5, 0.6) is 0 Å². The van der Waals surface area contributed by atoms with Crippen LogP contribution in [0.25, 0.3) is 27.1 Å². The summed E-state index contributed by atoms with van der Waals surface area (Å²) in [6.45, 7) is 14.5. The summed E-state index contributed by atoms with van der Waals surface area (Å²) in [5.74, 6) is -0.775. The zero-order chi connectivity index (χ0) is 58.2. The minimum Gasteiger partial charge on any atom is -0.348 e. The van der Waals surface area contributed by atoms with Gasteiger partial charge in [-0.1, -0.05) is 61.6 Å². The molecule has 7 aromatic rings. The summed E-state index contributed by atoms with van der Waals surface area (Å²) in [7, 11) is -18.5. The van der Waals surface area contributed by atoms with E-state index >= 15 is 0 Å². The highest BCUT2D eigenvalue weighted by Gasteiger charge is 2.46. The Balaban J connectivity index is 1.08. The zero-order valence-corrected chi connectivity index (χ0v) is 48.2. The molecule has 80 heavy (non-hydrogen) atoms. The van der Waals surface area contributed by atoms with Crippen LogP contribution in [0, 0.1) is 6.92 Å². The van der Waals surface area contributed by atoms with Crippen LogP contribution in [0.2, 0.25) is 0 Å². The molecule has 20 nitrogen and oxygen atoms in total. The zero-order valence-electron chi connectivity index (χ0n) is 44.1. The van der Waals surface area contributed by atoms with Crippen LogP contribution in [0.1, 0.15) is 95.2 Å². The van der Waals surface area contributed by atoms with E-state index in [9.17, 15) is 56.9 Å². The summed E-state index contributed by atoms with van der Waals surface area (Å²) in [4.78, 5) is 31.7. The third-order valence-electron chi connectivity index (χ3n) is 14.4. The van der Waals surface area contributed by atoms with Crippen molar-refractivity contribution in [2.45, 2.75) is 91.3 Å². The molecule has 9 rings (SSSR count). The monoisotopic (exact) mass is 1180 g/mol. The maximum absolute atomic E-state index is 13.6. The minimum atomic E-state index is -4.98. The van der Waals surface area contributed by atoms with Crippen molar-refractivity contribution in [1.29, 1.82) is 0 Å². The first-order valence-electron chi connectivity index (χ1n) is 24.7. The molecule has 0 bridgehead atoms. The third kappa shape index (κ3) is 10.8. The topological polar surface area (TPSA) is 314 Å². The van der Waals surface area contributed by atoms with Crippen molar-refractivity contribution in [3.8, 4) is 0 Å². The van der Waals surface area contributed by atoms with Crippen LogP contribution >= 0.6 is 11.3 Å². The number of amides is 1. The molecule has 1 amide bonds. The van der Waals surface area contributed by atoms with Crippen LogP contribution < -0.4 is 15.4 Å². The SMILES string of the molecule is CCN1/C(=C/C=C(/C=C/C2=[N+](CC)c3ccc4c(C)cc(S(=O)(=O)O)cc4c3C2(C)C)c2ccc(C(=O)NCc3ccc(C(=O)Cc4nnc(S(N)(=O)=O)s4)cc3)cn2)C(C)(C)c2c1ccc1c(S(=O)(=O)O)cc(S(=O)(=O)O)cc21. The number of Topliss-reactive ketones (excluding diaryl/α,β-unsaturated/α-hetero) is 1. The second kappa shape index (κ2) is 20.7. The largest absolute Gasteiger partial charge is 0.348 e. The number of aryl methyl sites for hydroxylation is 1. The number of likely N-dealkylation sites (N-methyl/N-ethyl adjacent to an activating group) is 1. The highest BCUT2D eigenvalue weighted by atomic mass is 32.2. The predicted octanol–water partition coefficient (Wildman–Crippen LogP) is 8.03. The highest BCUT2D eigenvalue weighted by molar-refractivity contribution is 7.91. The number of anilines is 1. The molecular formula is C55H54N7O13S5+. The van der Waals surface area contributed by atoms with E-state index in [0.29, 0.717) is 74.7 Å². The Morgan fingerprint density at radius 2 is 1.39 bits per heavy atom. The van der Waals surface area contributed by atoms with Gasteiger partial charge in [0.15, 0.2) is 11.5 Å². The number of benzene rings is 5. The number of pyridine rings is 1. The Bertz CT molecular complexity index is 4400. The van der Waals surface area contributed by atoms with Gasteiger partial charge in [-0.3, -0.25) is 28.2 Å². The van der Waals surface area contributed by atoms with Crippen LogP contribution in [-0.2, 0) is 64.2 Å². The number of nitrogens with zero attached hydrogens (tertiary/aromatic N) is 5. The molecular weight excluding hydrogens is 1130 g/mol. The molecule has 2 aliphatic rings. The number of rotatable bonds is 16. The lowest BCUT2D eigenvalue weighted by molar-refractivity contribution is -0.433. The highest BCUT2D eigenvalue weighted by Crippen LogP contribution is 2.52. The van der Waals surface area contributed by atoms with Crippen LogP contribution in [0.15, 0.2) is 140 Å². The van der Waals surface area contributed by atoms with Crippen LogP contribution in [0.4, 0.5) is 11.4 Å². The average Bonchev–Trinajstić information content (AvgIpc) is 4.24. The van der Waals surface area contributed by atoms with Crippen molar-refractivity contribution in [2.75, 3.05) is 18.0 Å². The first-order valence-corrected chi connectivity index (χ1v) is 31.4. The summed E-state index contributed by atoms with van der Waals surface area (Å²) in [5, 5.41) is 17.2. The normalized spacial score (nSPS) is 16.1. The van der Waals surface area contributed by atoms with Crippen LogP contribution in [0.3, 0.4) is 0 Å². The predicted molar refractivity (Wildman–Crippen MR) is 303 cm³/mol. The summed E-state index contributed by atoms with van der Waals surface area (Å²) in [5.41, 5.74) is 5.62. The maximum Gasteiger partial charge on any atom is 0.295 e. The lowest BCUT2D eigenvalue weighted by atomic mass is 9.78. The number of aromatic nitrogens is 3. The van der Waals surface area contributed by atoms with Gasteiger partial charge in [0.1, 0.15) is 16.4 Å². The number of sulfonamides is 1. The van der Waals surface area contributed by atoms with E-state index in [1.807, 2.05) is 82.9 Å². The Morgan fingerprint density at radius 3 is 1.98 bits per heavy atom. The lowest BCUT2D eigenvalue weighted by Gasteiger charge is -2.26. The summed E-state index contributed by atoms with van der Waals surface area (Å²) >= 11 is 0.710. The van der Waals surface area contributed by atoms with Gasteiger partial charge in [-0.15, -0.1) is 10.2 Å². The second-order valence-electron chi connectivity index (χ2n) is 20.2. The van der Waals surface area contributed by atoms with Crippen molar-refractivity contribution < 1.29 is 61.5 Å². The minimum absolute atomic E-state index is 0.0448. The van der Waals surface area contributed by atoms with E-state index < -0.39 is 71.2 Å². The van der Waals surface area contributed by atoms with Gasteiger partial charge in [-0.2, -0.15) is 29.8 Å². The van der Waals surface area contributed by atoms with Gasteiger partial charge in [0.05, 0.1) is 32.9 Å². The summed E-state index contributed by atoms with van der Waals surface area (Å²) in [6.07, 6.45) is 8.78. The smallest absolute Gasteiger partial charge is 0.295 e. The number of hydrogen-bond acceptors (Lipinski definition) is 15. The Kier molecular flexibility index (Phi) is 14.9. The number of primary sulfonamides is 1. The second-order valence-corrected chi connectivity index (χ2v) is 27.3. The number of fused-ring (bicyclic) bond motifs is 6. The molecule has 0 fully saturated rings. The number of nitrogens with one attached hydrogen (secondary N) is 1. The molecule has 25 heteroatoms. The van der Waals surface area contributed by atoms with Gasteiger partial charge >= 0.3 is 0 Å². The van der Waals surface area contributed by atoms with E-state index in [1.165, 1.54) is 30.5 Å². The molecule has 0 spiro atoms. The number of ketones is 1. The summed E-state index contributed by atoms with van der Waals surface area (Å²) < 4.78 is 131. The Morgan fingerprint density at radius 1 is 0.750 bits per heavy atom. The lowest BCUT2D eigenvalue weighted by Crippen LogP contribution is -2.27. The van der Waals surface area contributed by atoms with Gasteiger partial charge in [-0.25, -0.2) is 13.6 Å². The van der Waals surface area contributed by atoms with Crippen molar-refractivity contribution in [1.82, 2.24) is 20.5 Å². The van der Waals surface area contributed by atoms with Gasteiger partial charge in [0, 0.05) is 70.3 Å². The molecule has 2 aromatic heterocycles. The standard InChI is InChI=1S/C55H53N7O13S5/c1-8-61-43-20-17-38-31(3)24-36(78(67,68)69)25-40(38)50(43)54(4,5)47(61)22-15-33(16-23-48-55(6,7)51-41-26-37(79(70,71)72)27-46(80(73,74)75)39(41)18-21-44(51)62(48)9-2)42-19-14-35(30-57-42)52(64)58-29-32-10-12-34(13-11-32)45(63)28-49-59-60-53(76-49)77(56,65)66/h10-27,30H,8-9,28-29H2,1-7H3,(H5-,56,58,64,65,66,67,68,69,70,71,72,73,74,75)/p+1. The molecule has 5 aromatic carbocycles. The fraction of sp³-hybridized carbons (Fsp3) is 0.236. The van der Waals surface area contributed by atoms with Crippen molar-refractivity contribution in [3.05, 3.63) is 165 Å². The van der Waals surface area contributed by atoms with E-state index in [-0.39, 0.29) is 45.0 Å². The van der Waals surface area contributed by atoms with Crippen molar-refractivity contribution in [3.63, 3.8) is 0 Å². The fourth-order valence-corrected chi connectivity index (χ4v) is 14.1. The molecule has 6 N–H and O–H groups in total. The molecule has 0 unspecified atom stereocenters. The van der Waals surface area contributed by atoms with E-state index in [4.69, 9.17) is 10.1 Å². The van der Waals surface area contributed by atoms with Crippen molar-refractivity contribution in [2.24, 2.45) is 5.14 Å². The van der Waals surface area contributed by atoms with Crippen LogP contribution in [-0.4, -0.2) is 97.6 Å². The quantitative estimate of drug-likeness (QED) is 0.0264. The number of carbonyl (C=O) groups excluding carboxylic acids is 2. The van der Waals surface area contributed by atoms with E-state index in [0.717, 1.165) is 28.4 Å². The maximum atomic E-state index is 13.6. The Hall–Kier alpha value is -7.20. The molecule has 2 aliphatic heterocycles. The first-order chi connectivity index (χ1) is 37.3. The molecule has 0 saturated heterocycles.